The molecule has 0 aromatic heterocycles. The van der Waals surface area contributed by atoms with Gasteiger partial charge in [0.05, 0.1) is 13.2 Å². The van der Waals surface area contributed by atoms with Gasteiger partial charge in [-0.2, -0.15) is 0 Å². The van der Waals surface area contributed by atoms with Crippen molar-refractivity contribution >= 4 is 6.03 Å². The highest BCUT2D eigenvalue weighted by atomic mass is 19.1. The third-order valence-electron chi connectivity index (χ3n) is 4.78. The molecule has 0 spiro atoms. The van der Waals surface area contributed by atoms with E-state index >= 15 is 0 Å². The van der Waals surface area contributed by atoms with E-state index in [0.29, 0.717) is 26.3 Å². The van der Waals surface area contributed by atoms with Crippen molar-refractivity contribution in [1.29, 1.82) is 0 Å². The van der Waals surface area contributed by atoms with Gasteiger partial charge in [-0.3, -0.25) is 4.90 Å². The van der Waals surface area contributed by atoms with E-state index in [-0.39, 0.29) is 11.8 Å². The zero-order valence-corrected chi connectivity index (χ0v) is 14.1. The minimum Gasteiger partial charge on any atom is -0.378 e. The number of carbonyl (C=O) groups excluding carboxylic acids is 1. The highest BCUT2D eigenvalue weighted by Gasteiger charge is 2.26. The van der Waals surface area contributed by atoms with Crippen LogP contribution in [0, 0.1) is 5.82 Å². The van der Waals surface area contributed by atoms with Crippen molar-refractivity contribution in [1.82, 2.24) is 14.7 Å². The molecule has 1 aromatic rings. The standard InChI is InChI=1S/C18H26FN3O2/c19-17-5-3-16(4-6-17)2-1-7-20-8-10-21(11-9-20)18(23)22-12-14-24-15-13-22/h3-6H,1-2,7-15H2. The maximum Gasteiger partial charge on any atom is 0.320 e. The first kappa shape index (κ1) is 17.2. The Hall–Kier alpha value is -1.66. The van der Waals surface area contributed by atoms with E-state index in [1.807, 2.05) is 21.9 Å². The SMILES string of the molecule is O=C(N1CCOCC1)N1CCN(CCCc2ccc(F)cc2)CC1. The Bertz CT molecular complexity index is 524. The molecule has 0 aliphatic carbocycles. The Kier molecular flexibility index (Phi) is 6.04. The fraction of sp³-hybridized carbons (Fsp3) is 0.611. The van der Waals surface area contributed by atoms with Crippen molar-refractivity contribution in [3.8, 4) is 0 Å². The number of ether oxygens (including phenoxy) is 1. The van der Waals surface area contributed by atoms with Crippen LogP contribution in [0.3, 0.4) is 0 Å². The largest absolute Gasteiger partial charge is 0.378 e. The van der Waals surface area contributed by atoms with Crippen LogP contribution in [0.1, 0.15) is 12.0 Å². The van der Waals surface area contributed by atoms with Crippen LogP contribution in [0.4, 0.5) is 9.18 Å². The first-order valence-electron chi connectivity index (χ1n) is 8.81. The lowest BCUT2D eigenvalue weighted by Gasteiger charge is -2.38. The Morgan fingerprint density at radius 2 is 1.58 bits per heavy atom. The summed E-state index contributed by atoms with van der Waals surface area (Å²) in [4.78, 5) is 18.7. The number of hydrogen-bond donors (Lipinski definition) is 0. The van der Waals surface area contributed by atoms with Gasteiger partial charge in [-0.1, -0.05) is 12.1 Å². The molecule has 2 saturated heterocycles. The Balaban J connectivity index is 1.35. The molecule has 2 heterocycles. The maximum absolute atomic E-state index is 12.9. The summed E-state index contributed by atoms with van der Waals surface area (Å²) in [5.41, 5.74) is 1.18. The summed E-state index contributed by atoms with van der Waals surface area (Å²) in [5.74, 6) is -0.181. The molecule has 1 aromatic carbocycles. The number of halogens is 1. The van der Waals surface area contributed by atoms with Gasteiger partial charge >= 0.3 is 6.03 Å². The monoisotopic (exact) mass is 335 g/mol. The van der Waals surface area contributed by atoms with E-state index in [1.165, 1.54) is 17.7 Å². The number of benzene rings is 1. The first-order chi connectivity index (χ1) is 11.7. The van der Waals surface area contributed by atoms with E-state index in [4.69, 9.17) is 4.74 Å². The molecule has 0 radical (unpaired) electrons. The second-order valence-corrected chi connectivity index (χ2v) is 6.44. The normalized spacial score (nSPS) is 19.5. The minimum absolute atomic E-state index is 0.157. The zero-order chi connectivity index (χ0) is 16.8. The summed E-state index contributed by atoms with van der Waals surface area (Å²) in [6.07, 6.45) is 2.02. The number of amides is 2. The van der Waals surface area contributed by atoms with Gasteiger partial charge in [-0.15, -0.1) is 0 Å². The Morgan fingerprint density at radius 1 is 0.958 bits per heavy atom. The lowest BCUT2D eigenvalue weighted by atomic mass is 10.1. The third-order valence-corrected chi connectivity index (χ3v) is 4.78. The van der Waals surface area contributed by atoms with Gasteiger partial charge in [-0.25, -0.2) is 9.18 Å². The minimum atomic E-state index is -0.181. The summed E-state index contributed by atoms with van der Waals surface area (Å²) in [6.45, 7) is 7.19. The van der Waals surface area contributed by atoms with Crippen LogP contribution in [-0.4, -0.2) is 79.8 Å². The van der Waals surface area contributed by atoms with E-state index in [9.17, 15) is 9.18 Å². The van der Waals surface area contributed by atoms with Gasteiger partial charge in [-0.05, 0) is 37.1 Å². The highest BCUT2D eigenvalue weighted by Crippen LogP contribution is 2.10. The van der Waals surface area contributed by atoms with Crippen molar-refractivity contribution in [3.05, 3.63) is 35.6 Å². The molecule has 2 aliphatic rings. The fourth-order valence-electron chi connectivity index (χ4n) is 3.28. The van der Waals surface area contributed by atoms with Crippen LogP contribution in [0.5, 0.6) is 0 Å². The number of nitrogens with zero attached hydrogens (tertiary/aromatic N) is 3. The molecule has 6 heteroatoms. The van der Waals surface area contributed by atoms with E-state index < -0.39 is 0 Å². The Morgan fingerprint density at radius 3 is 2.25 bits per heavy atom. The molecule has 5 nitrogen and oxygen atoms in total. The van der Waals surface area contributed by atoms with Crippen LogP contribution in [0.15, 0.2) is 24.3 Å². The van der Waals surface area contributed by atoms with Crippen LogP contribution in [0.2, 0.25) is 0 Å². The maximum atomic E-state index is 12.9. The predicted molar refractivity (Wildman–Crippen MR) is 90.5 cm³/mol. The summed E-state index contributed by atoms with van der Waals surface area (Å²) < 4.78 is 18.2. The Labute approximate surface area is 143 Å². The molecule has 0 saturated carbocycles. The average molecular weight is 335 g/mol. The molecule has 2 fully saturated rings. The second kappa shape index (κ2) is 8.44. The molecule has 3 rings (SSSR count). The number of rotatable bonds is 4. The number of carbonyl (C=O) groups is 1. The number of morpholine rings is 1. The van der Waals surface area contributed by atoms with Crippen LogP contribution in [0.25, 0.3) is 0 Å². The summed E-state index contributed by atoms with van der Waals surface area (Å²) >= 11 is 0. The van der Waals surface area contributed by atoms with Gasteiger partial charge < -0.3 is 14.5 Å². The van der Waals surface area contributed by atoms with E-state index in [2.05, 4.69) is 4.90 Å². The quantitative estimate of drug-likeness (QED) is 0.842. The molecule has 132 valence electrons. The molecule has 2 aliphatic heterocycles. The lowest BCUT2D eigenvalue weighted by molar-refractivity contribution is 0.0376. The second-order valence-electron chi connectivity index (χ2n) is 6.44. The number of hydrogen-bond acceptors (Lipinski definition) is 3. The molecule has 0 unspecified atom stereocenters. The predicted octanol–water partition coefficient (Wildman–Crippen LogP) is 1.83. The van der Waals surface area contributed by atoms with Crippen molar-refractivity contribution in [2.24, 2.45) is 0 Å². The average Bonchev–Trinajstić information content (AvgIpc) is 2.64. The number of urea groups is 1. The third kappa shape index (κ3) is 4.68. The van der Waals surface area contributed by atoms with Crippen LogP contribution >= 0.6 is 0 Å². The van der Waals surface area contributed by atoms with Gasteiger partial charge in [0.25, 0.3) is 0 Å². The summed E-state index contributed by atoms with van der Waals surface area (Å²) in [7, 11) is 0. The molecular formula is C18H26FN3O2. The van der Waals surface area contributed by atoms with Crippen molar-refractivity contribution in [3.63, 3.8) is 0 Å². The van der Waals surface area contributed by atoms with E-state index in [0.717, 1.165) is 45.6 Å². The van der Waals surface area contributed by atoms with Crippen molar-refractivity contribution < 1.29 is 13.9 Å². The summed E-state index contributed by atoms with van der Waals surface area (Å²) in [5, 5.41) is 0. The molecule has 0 atom stereocenters. The van der Waals surface area contributed by atoms with Crippen molar-refractivity contribution in [2.75, 3.05) is 59.0 Å². The highest BCUT2D eigenvalue weighted by molar-refractivity contribution is 5.74. The molecule has 2 amide bonds. The summed E-state index contributed by atoms with van der Waals surface area (Å²) in [6, 6.07) is 6.91. The zero-order valence-electron chi connectivity index (χ0n) is 14.1. The number of piperazine rings is 1. The molecule has 24 heavy (non-hydrogen) atoms. The van der Waals surface area contributed by atoms with Gasteiger partial charge in [0.2, 0.25) is 0 Å². The van der Waals surface area contributed by atoms with Gasteiger partial charge in [0.1, 0.15) is 5.82 Å². The molecular weight excluding hydrogens is 309 g/mol. The molecule has 0 bridgehead atoms. The first-order valence-corrected chi connectivity index (χ1v) is 8.81. The smallest absolute Gasteiger partial charge is 0.320 e. The van der Waals surface area contributed by atoms with Gasteiger partial charge in [0, 0.05) is 39.3 Å². The van der Waals surface area contributed by atoms with Crippen LogP contribution < -0.4 is 0 Å². The van der Waals surface area contributed by atoms with Gasteiger partial charge in [0.15, 0.2) is 0 Å². The van der Waals surface area contributed by atoms with Crippen LogP contribution in [-0.2, 0) is 11.2 Å². The lowest BCUT2D eigenvalue weighted by Crippen LogP contribution is -2.54. The fourth-order valence-corrected chi connectivity index (χ4v) is 3.28. The van der Waals surface area contributed by atoms with E-state index in [1.54, 1.807) is 0 Å². The van der Waals surface area contributed by atoms with Crippen molar-refractivity contribution in [2.45, 2.75) is 12.8 Å². The number of aryl methyl sites for hydroxylation is 1. The molecule has 0 N–H and O–H groups in total. The topological polar surface area (TPSA) is 36.0 Å².